The number of rotatable bonds is 4. The van der Waals surface area contributed by atoms with Crippen molar-refractivity contribution < 1.29 is 9.90 Å². The Morgan fingerprint density at radius 3 is 3.00 bits per heavy atom. The summed E-state index contributed by atoms with van der Waals surface area (Å²) in [6, 6.07) is 7.97. The maximum absolute atomic E-state index is 11.7. The molecule has 0 heterocycles. The van der Waals surface area contributed by atoms with E-state index >= 15 is 0 Å². The molecule has 1 aromatic carbocycles. The molecule has 2 amide bonds. The Labute approximate surface area is 119 Å². The molecule has 2 rings (SSSR count). The van der Waals surface area contributed by atoms with Crippen molar-refractivity contribution in [3.63, 3.8) is 0 Å². The standard InChI is InChI=1S/C16H20N2O2/c1-12(17-16(20)18-15-8-9-15)14-7-4-6-13(11-14)5-2-3-10-19/h4,6-7,11-12,15,19H,3,8-10H2,1H3,(H2,17,18,20). The Hall–Kier alpha value is -1.99. The Morgan fingerprint density at radius 1 is 1.50 bits per heavy atom. The maximum Gasteiger partial charge on any atom is 0.315 e. The van der Waals surface area contributed by atoms with Crippen LogP contribution in [0.1, 0.15) is 43.4 Å². The van der Waals surface area contributed by atoms with Crippen molar-refractivity contribution in [2.45, 2.75) is 38.3 Å². The van der Waals surface area contributed by atoms with Crippen LogP contribution in [0.2, 0.25) is 0 Å². The minimum Gasteiger partial charge on any atom is -0.395 e. The molecule has 1 saturated carbocycles. The van der Waals surface area contributed by atoms with Gasteiger partial charge < -0.3 is 15.7 Å². The van der Waals surface area contributed by atoms with Gasteiger partial charge in [-0.05, 0) is 37.5 Å². The van der Waals surface area contributed by atoms with E-state index in [1.807, 2.05) is 31.2 Å². The predicted molar refractivity (Wildman–Crippen MR) is 78.1 cm³/mol. The zero-order chi connectivity index (χ0) is 14.4. The molecule has 20 heavy (non-hydrogen) atoms. The molecule has 1 atom stereocenters. The largest absolute Gasteiger partial charge is 0.395 e. The molecule has 1 aliphatic carbocycles. The molecular formula is C16H20N2O2. The van der Waals surface area contributed by atoms with Crippen LogP contribution in [-0.4, -0.2) is 23.8 Å². The summed E-state index contributed by atoms with van der Waals surface area (Å²) in [5, 5.41) is 14.5. The number of hydrogen-bond donors (Lipinski definition) is 3. The van der Waals surface area contributed by atoms with Gasteiger partial charge in [-0.2, -0.15) is 0 Å². The maximum atomic E-state index is 11.7. The van der Waals surface area contributed by atoms with Crippen molar-refractivity contribution in [2.75, 3.05) is 6.61 Å². The molecule has 1 aromatic rings. The lowest BCUT2D eigenvalue weighted by Crippen LogP contribution is -2.38. The molecule has 0 aromatic heterocycles. The van der Waals surface area contributed by atoms with E-state index in [0.29, 0.717) is 12.5 Å². The highest BCUT2D eigenvalue weighted by molar-refractivity contribution is 5.75. The van der Waals surface area contributed by atoms with E-state index < -0.39 is 0 Å². The van der Waals surface area contributed by atoms with Gasteiger partial charge in [0.2, 0.25) is 0 Å². The third kappa shape index (κ3) is 4.60. The van der Waals surface area contributed by atoms with Crippen molar-refractivity contribution in [3.8, 4) is 11.8 Å². The summed E-state index contributed by atoms with van der Waals surface area (Å²) in [5.74, 6) is 5.89. The molecule has 0 bridgehead atoms. The van der Waals surface area contributed by atoms with E-state index in [4.69, 9.17) is 5.11 Å². The monoisotopic (exact) mass is 272 g/mol. The van der Waals surface area contributed by atoms with Crippen LogP contribution in [0.25, 0.3) is 0 Å². The van der Waals surface area contributed by atoms with Gasteiger partial charge >= 0.3 is 6.03 Å². The number of aliphatic hydroxyl groups is 1. The van der Waals surface area contributed by atoms with Gasteiger partial charge in [0, 0.05) is 18.0 Å². The van der Waals surface area contributed by atoms with Gasteiger partial charge in [-0.15, -0.1) is 0 Å². The zero-order valence-corrected chi connectivity index (χ0v) is 11.6. The number of benzene rings is 1. The zero-order valence-electron chi connectivity index (χ0n) is 11.6. The van der Waals surface area contributed by atoms with Crippen LogP contribution in [0.5, 0.6) is 0 Å². The summed E-state index contributed by atoms with van der Waals surface area (Å²) in [5.41, 5.74) is 1.92. The van der Waals surface area contributed by atoms with Crippen LogP contribution in [0, 0.1) is 11.8 Å². The van der Waals surface area contributed by atoms with Gasteiger partial charge in [0.1, 0.15) is 0 Å². The molecular weight excluding hydrogens is 252 g/mol. The molecule has 0 radical (unpaired) electrons. The number of carbonyl (C=O) groups is 1. The van der Waals surface area contributed by atoms with Crippen LogP contribution >= 0.6 is 0 Å². The first-order chi connectivity index (χ1) is 9.69. The topological polar surface area (TPSA) is 61.4 Å². The van der Waals surface area contributed by atoms with E-state index in [1.54, 1.807) is 0 Å². The molecule has 1 fully saturated rings. The van der Waals surface area contributed by atoms with Crippen molar-refractivity contribution >= 4 is 6.03 Å². The Morgan fingerprint density at radius 2 is 2.30 bits per heavy atom. The smallest absolute Gasteiger partial charge is 0.315 e. The van der Waals surface area contributed by atoms with E-state index in [2.05, 4.69) is 22.5 Å². The number of aliphatic hydroxyl groups excluding tert-OH is 1. The van der Waals surface area contributed by atoms with Crippen molar-refractivity contribution in [2.24, 2.45) is 0 Å². The summed E-state index contributed by atoms with van der Waals surface area (Å²) in [7, 11) is 0. The van der Waals surface area contributed by atoms with Gasteiger partial charge in [-0.25, -0.2) is 4.79 Å². The van der Waals surface area contributed by atoms with Gasteiger partial charge in [-0.1, -0.05) is 24.0 Å². The number of amides is 2. The van der Waals surface area contributed by atoms with Crippen molar-refractivity contribution in [1.82, 2.24) is 10.6 Å². The third-order valence-electron chi connectivity index (χ3n) is 3.12. The van der Waals surface area contributed by atoms with E-state index in [9.17, 15) is 4.79 Å². The second-order valence-corrected chi connectivity index (χ2v) is 5.01. The highest BCUT2D eigenvalue weighted by Crippen LogP contribution is 2.19. The Balaban J connectivity index is 1.94. The molecule has 106 valence electrons. The van der Waals surface area contributed by atoms with E-state index in [1.165, 1.54) is 0 Å². The Bertz CT molecular complexity index is 527. The number of hydrogen-bond acceptors (Lipinski definition) is 2. The average molecular weight is 272 g/mol. The molecule has 1 aliphatic rings. The lowest BCUT2D eigenvalue weighted by Gasteiger charge is -2.15. The molecule has 0 aliphatic heterocycles. The highest BCUT2D eigenvalue weighted by Gasteiger charge is 2.23. The highest BCUT2D eigenvalue weighted by atomic mass is 16.2. The fraction of sp³-hybridized carbons (Fsp3) is 0.438. The third-order valence-corrected chi connectivity index (χ3v) is 3.12. The van der Waals surface area contributed by atoms with Crippen LogP contribution in [0.15, 0.2) is 24.3 Å². The lowest BCUT2D eigenvalue weighted by atomic mass is 10.1. The van der Waals surface area contributed by atoms with Crippen molar-refractivity contribution in [3.05, 3.63) is 35.4 Å². The van der Waals surface area contributed by atoms with Crippen LogP contribution < -0.4 is 10.6 Å². The first-order valence-electron chi connectivity index (χ1n) is 6.96. The second-order valence-electron chi connectivity index (χ2n) is 5.01. The normalized spacial score (nSPS) is 14.9. The summed E-state index contributed by atoms with van der Waals surface area (Å²) in [6.45, 7) is 2.03. The molecule has 1 unspecified atom stereocenters. The van der Waals surface area contributed by atoms with Crippen LogP contribution in [-0.2, 0) is 0 Å². The summed E-state index contributed by atoms with van der Waals surface area (Å²) >= 11 is 0. The fourth-order valence-corrected chi connectivity index (χ4v) is 1.84. The predicted octanol–water partition coefficient (Wildman–Crippen LogP) is 1.94. The first kappa shape index (κ1) is 14.4. The second kappa shape index (κ2) is 6.97. The van der Waals surface area contributed by atoms with Gasteiger partial charge in [-0.3, -0.25) is 0 Å². The average Bonchev–Trinajstić information content (AvgIpc) is 3.23. The molecule has 0 saturated heterocycles. The molecule has 4 nitrogen and oxygen atoms in total. The summed E-state index contributed by atoms with van der Waals surface area (Å²) in [4.78, 5) is 11.7. The molecule has 4 heteroatoms. The van der Waals surface area contributed by atoms with Gasteiger partial charge in [0.05, 0.1) is 12.6 Å². The SMILES string of the molecule is CC(NC(=O)NC1CC1)c1cccc(C#CCCO)c1. The minimum atomic E-state index is -0.114. The lowest BCUT2D eigenvalue weighted by molar-refractivity contribution is 0.237. The quantitative estimate of drug-likeness (QED) is 0.734. The fourth-order valence-electron chi connectivity index (χ4n) is 1.84. The van der Waals surface area contributed by atoms with Crippen LogP contribution in [0.3, 0.4) is 0 Å². The van der Waals surface area contributed by atoms with E-state index in [0.717, 1.165) is 24.0 Å². The van der Waals surface area contributed by atoms with E-state index in [-0.39, 0.29) is 18.7 Å². The Kier molecular flexibility index (Phi) is 5.03. The number of nitrogens with one attached hydrogen (secondary N) is 2. The van der Waals surface area contributed by atoms with Crippen LogP contribution in [0.4, 0.5) is 4.79 Å². The van der Waals surface area contributed by atoms with Crippen molar-refractivity contribution in [1.29, 1.82) is 0 Å². The minimum absolute atomic E-state index is 0.0617. The summed E-state index contributed by atoms with van der Waals surface area (Å²) < 4.78 is 0. The molecule has 3 N–H and O–H groups in total. The number of urea groups is 1. The van der Waals surface area contributed by atoms with Gasteiger partial charge in [0.25, 0.3) is 0 Å². The number of carbonyl (C=O) groups excluding carboxylic acids is 1. The molecule has 0 spiro atoms. The van der Waals surface area contributed by atoms with Gasteiger partial charge in [0.15, 0.2) is 0 Å². The first-order valence-corrected chi connectivity index (χ1v) is 6.96. The summed E-state index contributed by atoms with van der Waals surface area (Å²) in [6.07, 6.45) is 2.64.